The number of hydrogen-bond donors (Lipinski definition) is 1. The van der Waals surface area contributed by atoms with E-state index in [1.54, 1.807) is 16.9 Å². The van der Waals surface area contributed by atoms with Gasteiger partial charge in [0.25, 0.3) is 0 Å². The molecule has 0 aromatic rings. The van der Waals surface area contributed by atoms with Crippen LogP contribution in [0.1, 0.15) is 13.3 Å². The minimum Gasteiger partial charge on any atom is -0.248 e. The second kappa shape index (κ2) is 15.7. The lowest BCUT2D eigenvalue weighted by Gasteiger charge is -1.72. The van der Waals surface area contributed by atoms with Gasteiger partial charge in [0.1, 0.15) is 0 Å². The molecule has 0 amide bonds. The molecule has 0 aliphatic carbocycles. The summed E-state index contributed by atoms with van der Waals surface area (Å²) < 4.78 is 0. The molecule has 0 saturated heterocycles. The Morgan fingerprint density at radius 2 is 2.22 bits per heavy atom. The topological polar surface area (TPSA) is 23.9 Å². The Balaban J connectivity index is 0. The highest BCUT2D eigenvalue weighted by molar-refractivity contribution is 8.01. The number of hydrogen-bond acceptors (Lipinski definition) is 3. The van der Waals surface area contributed by atoms with Crippen molar-refractivity contribution in [2.45, 2.75) is 13.3 Å². The Bertz CT molecular complexity index is 87.2. The summed E-state index contributed by atoms with van der Waals surface area (Å²) in [6, 6.07) is 0. The van der Waals surface area contributed by atoms with Gasteiger partial charge in [0.05, 0.1) is 5.16 Å². The molecule has 9 heavy (non-hydrogen) atoms. The molecule has 0 aliphatic heterocycles. The molecule has 1 N–H and O–H groups in total. The fourth-order valence-electron chi connectivity index (χ4n) is 0.192. The van der Waals surface area contributed by atoms with Crippen molar-refractivity contribution in [1.29, 1.82) is 5.41 Å². The van der Waals surface area contributed by atoms with E-state index >= 15 is 0 Å². The Hall–Kier alpha value is -0.110. The molecule has 0 fully saturated rings. The quantitative estimate of drug-likeness (QED) is 0.497. The summed E-state index contributed by atoms with van der Waals surface area (Å²) >= 11 is 5.56. The van der Waals surface area contributed by atoms with Gasteiger partial charge in [-0.25, -0.2) is 5.41 Å². The predicted octanol–water partition coefficient (Wildman–Crippen LogP) is 2.94. The molecule has 0 unspecified atom stereocenters. The van der Waals surface area contributed by atoms with E-state index in [1.165, 1.54) is 0 Å². The maximum Gasteiger partial charge on any atom is 0.0554 e. The molecule has 52 valence electrons. The molecule has 0 saturated carbocycles. The Morgan fingerprint density at radius 1 is 1.78 bits per heavy atom. The zero-order valence-electron chi connectivity index (χ0n) is 5.68. The molecule has 0 aromatic carbocycles. The molecule has 0 aromatic heterocycles. The highest BCUT2D eigenvalue weighted by Crippen LogP contribution is 1.93. The second-order valence-electron chi connectivity index (χ2n) is 1.12. The van der Waals surface area contributed by atoms with Crippen LogP contribution in [0.4, 0.5) is 0 Å². The summed E-state index contributed by atoms with van der Waals surface area (Å²) in [5.74, 6) is 0. The van der Waals surface area contributed by atoms with Gasteiger partial charge in [-0.2, -0.15) is 0 Å². The van der Waals surface area contributed by atoms with Gasteiger partial charge in [-0.15, -0.1) is 11.8 Å². The molecule has 0 rings (SSSR count). The third-order valence-corrected chi connectivity index (χ3v) is 0.933. The molecular formula is C6H11NS2. The maximum atomic E-state index is 5.77. The highest BCUT2D eigenvalue weighted by atomic mass is 32.2. The lowest BCUT2D eigenvalue weighted by Crippen LogP contribution is -1.46. The van der Waals surface area contributed by atoms with E-state index in [2.05, 4.69) is 36.9 Å². The molecule has 3 heteroatoms. The van der Waals surface area contributed by atoms with Crippen LogP contribution < -0.4 is 0 Å². The van der Waals surface area contributed by atoms with E-state index in [-0.39, 0.29) is 0 Å². The van der Waals surface area contributed by atoms with Crippen LogP contribution in [-0.4, -0.2) is 11.4 Å². The lowest BCUT2D eigenvalue weighted by molar-refractivity contribution is 1.23. The number of thioether (sulfide) groups is 1. The second-order valence-corrected chi connectivity index (χ2v) is 2.07. The van der Waals surface area contributed by atoms with Gasteiger partial charge >= 0.3 is 0 Å². The van der Waals surface area contributed by atoms with E-state index in [9.17, 15) is 0 Å². The fraction of sp³-hybridized carbons (Fsp3) is 0.500. The first-order chi connectivity index (χ1) is 4.33. The zero-order valence-corrected chi connectivity index (χ0v) is 7.31. The van der Waals surface area contributed by atoms with Crippen LogP contribution in [0.25, 0.3) is 0 Å². The monoisotopic (exact) mass is 161 g/mol. The van der Waals surface area contributed by atoms with Crippen molar-refractivity contribution in [3.05, 3.63) is 11.5 Å². The summed E-state index contributed by atoms with van der Waals surface area (Å²) in [6.45, 7) is 2.13. The van der Waals surface area contributed by atoms with E-state index in [1.807, 2.05) is 0 Å². The van der Waals surface area contributed by atoms with E-state index in [0.29, 0.717) is 0 Å². The van der Waals surface area contributed by atoms with E-state index in [0.717, 1.165) is 6.42 Å². The molecular weight excluding hydrogens is 150 g/mol. The first-order valence-electron chi connectivity index (χ1n) is 2.55. The Labute approximate surface area is 66.0 Å². The van der Waals surface area contributed by atoms with Crippen LogP contribution in [-0.2, 0) is 0 Å². The van der Waals surface area contributed by atoms with Crippen molar-refractivity contribution in [3.8, 4) is 0 Å². The predicted molar refractivity (Wildman–Crippen MR) is 48.3 cm³/mol. The lowest BCUT2D eigenvalue weighted by atomic mass is 10.5. The summed E-state index contributed by atoms with van der Waals surface area (Å²) in [5, 5.41) is 9.45. The Kier molecular flexibility index (Phi) is 20.3. The zero-order chi connectivity index (χ0) is 7.54. The first kappa shape index (κ1) is 11.7. The number of allylic oxidation sites excluding steroid dienone is 1. The summed E-state index contributed by atoms with van der Waals surface area (Å²) in [7, 11) is 0. The molecule has 0 aliphatic rings. The molecule has 0 bridgehead atoms. The van der Waals surface area contributed by atoms with Crippen LogP contribution >= 0.6 is 24.0 Å². The van der Waals surface area contributed by atoms with Crippen molar-refractivity contribution in [3.63, 3.8) is 0 Å². The molecule has 0 heterocycles. The van der Waals surface area contributed by atoms with Crippen LogP contribution in [0.15, 0.2) is 11.5 Å². The van der Waals surface area contributed by atoms with Crippen molar-refractivity contribution >= 4 is 29.1 Å². The summed E-state index contributed by atoms with van der Waals surface area (Å²) in [4.78, 5) is 0. The normalized spacial score (nSPS) is 7.78. The molecule has 0 radical (unpaired) electrons. The molecule has 0 atom stereocenters. The van der Waals surface area contributed by atoms with Gasteiger partial charge in [0.2, 0.25) is 0 Å². The fourth-order valence-corrected chi connectivity index (χ4v) is 0.577. The van der Waals surface area contributed by atoms with Crippen molar-refractivity contribution in [1.82, 2.24) is 0 Å². The van der Waals surface area contributed by atoms with Gasteiger partial charge in [-0.3, -0.25) is 0 Å². The Morgan fingerprint density at radius 3 is 2.33 bits per heavy atom. The first-order valence-corrected chi connectivity index (χ1v) is 4.24. The van der Waals surface area contributed by atoms with Gasteiger partial charge < -0.3 is 0 Å². The summed E-state index contributed by atoms with van der Waals surface area (Å²) in [5.41, 5.74) is 0. The number of nitrogens with one attached hydrogen (secondary N) is 1. The van der Waals surface area contributed by atoms with Crippen LogP contribution in [0.3, 0.4) is 0 Å². The standard InChI is InChI=1S/C5H10S.CHNS/c1-3-4-5-6-2;2-1-3/h4-5H,3H2,1-2H3;2H. The average molecular weight is 161 g/mol. The largest absolute Gasteiger partial charge is 0.248 e. The third-order valence-electron chi connectivity index (χ3n) is 0.468. The van der Waals surface area contributed by atoms with Gasteiger partial charge in [0, 0.05) is 0 Å². The third kappa shape index (κ3) is 32.8. The summed E-state index contributed by atoms with van der Waals surface area (Å²) in [6.07, 6.45) is 5.36. The van der Waals surface area contributed by atoms with Gasteiger partial charge in [-0.1, -0.05) is 13.0 Å². The minimum absolute atomic E-state index is 1.15. The molecule has 1 nitrogen and oxygen atoms in total. The molecule has 0 spiro atoms. The number of thiocarbonyl (C=S) groups is 1. The van der Waals surface area contributed by atoms with Crippen LogP contribution in [0.2, 0.25) is 0 Å². The van der Waals surface area contributed by atoms with Crippen LogP contribution in [0, 0.1) is 5.41 Å². The smallest absolute Gasteiger partial charge is 0.0554 e. The average Bonchev–Trinajstić information content (AvgIpc) is 1.86. The van der Waals surface area contributed by atoms with Crippen molar-refractivity contribution in [2.75, 3.05) is 6.26 Å². The van der Waals surface area contributed by atoms with Crippen molar-refractivity contribution < 1.29 is 0 Å². The van der Waals surface area contributed by atoms with Crippen molar-refractivity contribution in [2.24, 2.45) is 0 Å². The van der Waals surface area contributed by atoms with E-state index < -0.39 is 0 Å². The highest BCUT2D eigenvalue weighted by Gasteiger charge is 1.59. The van der Waals surface area contributed by atoms with Crippen LogP contribution in [0.5, 0.6) is 0 Å². The number of isothiocyanates is 1. The minimum atomic E-state index is 1.15. The van der Waals surface area contributed by atoms with Gasteiger partial charge in [-0.05, 0) is 30.3 Å². The van der Waals surface area contributed by atoms with Gasteiger partial charge in [0.15, 0.2) is 0 Å². The SMILES string of the molecule is CCC=CSC.N=C=S. The van der Waals surface area contributed by atoms with E-state index in [4.69, 9.17) is 5.41 Å². The number of rotatable bonds is 2. The maximum absolute atomic E-state index is 5.77.